The fourth-order valence-electron chi connectivity index (χ4n) is 3.63. The van der Waals surface area contributed by atoms with Crippen LogP contribution < -0.4 is 15.7 Å². The van der Waals surface area contributed by atoms with Crippen molar-refractivity contribution < 1.29 is 13.9 Å². The standard InChI is InChI=1S/C24H25N3O4/c1-14(2)10-20(24-26-18-6-4-5-7-19(18)27-24)25-22(28)13-30-16-8-9-17-15(3)11-23(29)31-21(17)12-16/h4-9,11-12,14,20H,10,13H2,1-3H3,(H,25,28)(H,26,27). The molecule has 0 spiro atoms. The molecular weight excluding hydrogens is 394 g/mol. The van der Waals surface area contributed by atoms with Crippen molar-refractivity contribution >= 4 is 27.9 Å². The largest absolute Gasteiger partial charge is 0.484 e. The third-order valence-corrected chi connectivity index (χ3v) is 5.07. The van der Waals surface area contributed by atoms with Crippen molar-refractivity contribution in [3.8, 4) is 5.75 Å². The van der Waals surface area contributed by atoms with Crippen LogP contribution >= 0.6 is 0 Å². The molecule has 0 aliphatic rings. The summed E-state index contributed by atoms with van der Waals surface area (Å²) in [5.74, 6) is 1.30. The van der Waals surface area contributed by atoms with Gasteiger partial charge in [0.2, 0.25) is 0 Å². The van der Waals surface area contributed by atoms with Crippen molar-refractivity contribution in [3.63, 3.8) is 0 Å². The summed E-state index contributed by atoms with van der Waals surface area (Å²) in [5.41, 5.74) is 2.65. The van der Waals surface area contributed by atoms with Crippen molar-refractivity contribution in [1.29, 1.82) is 0 Å². The third-order valence-electron chi connectivity index (χ3n) is 5.07. The van der Waals surface area contributed by atoms with Gasteiger partial charge in [-0.3, -0.25) is 4.79 Å². The van der Waals surface area contributed by atoms with Gasteiger partial charge in [0.15, 0.2) is 6.61 Å². The lowest BCUT2D eigenvalue weighted by Crippen LogP contribution is -2.34. The SMILES string of the molecule is Cc1cc(=O)oc2cc(OCC(=O)NC(CC(C)C)c3nc4ccccc4[nH]3)ccc12. The summed E-state index contributed by atoms with van der Waals surface area (Å²) in [6.07, 6.45) is 0.742. The van der Waals surface area contributed by atoms with E-state index >= 15 is 0 Å². The number of para-hydroxylation sites is 2. The van der Waals surface area contributed by atoms with E-state index in [1.165, 1.54) is 6.07 Å². The van der Waals surface area contributed by atoms with Crippen molar-refractivity contribution in [2.75, 3.05) is 6.61 Å². The molecule has 0 saturated heterocycles. The van der Waals surface area contributed by atoms with Gasteiger partial charge in [-0.2, -0.15) is 0 Å². The van der Waals surface area contributed by atoms with Gasteiger partial charge >= 0.3 is 5.63 Å². The van der Waals surface area contributed by atoms with E-state index in [-0.39, 0.29) is 18.6 Å². The number of rotatable bonds is 7. The summed E-state index contributed by atoms with van der Waals surface area (Å²) in [7, 11) is 0. The number of ether oxygens (including phenoxy) is 1. The second-order valence-corrected chi connectivity index (χ2v) is 8.08. The van der Waals surface area contributed by atoms with Gasteiger partial charge in [-0.25, -0.2) is 9.78 Å². The van der Waals surface area contributed by atoms with Gasteiger partial charge in [-0.15, -0.1) is 0 Å². The van der Waals surface area contributed by atoms with Gasteiger partial charge in [0.05, 0.1) is 17.1 Å². The number of carbonyl (C=O) groups is 1. The molecule has 2 aromatic heterocycles. The smallest absolute Gasteiger partial charge is 0.336 e. The number of aromatic nitrogens is 2. The zero-order valence-corrected chi connectivity index (χ0v) is 17.8. The van der Waals surface area contributed by atoms with E-state index in [9.17, 15) is 9.59 Å². The number of H-pyrrole nitrogens is 1. The number of amides is 1. The predicted molar refractivity (Wildman–Crippen MR) is 119 cm³/mol. The minimum absolute atomic E-state index is 0.156. The maximum Gasteiger partial charge on any atom is 0.336 e. The normalized spacial score (nSPS) is 12.4. The van der Waals surface area contributed by atoms with Crippen LogP contribution in [0.5, 0.6) is 5.75 Å². The lowest BCUT2D eigenvalue weighted by molar-refractivity contribution is -0.124. The average Bonchev–Trinajstić information content (AvgIpc) is 3.15. The first-order valence-electron chi connectivity index (χ1n) is 10.3. The molecule has 2 heterocycles. The highest BCUT2D eigenvalue weighted by Gasteiger charge is 2.20. The molecule has 160 valence electrons. The number of nitrogens with zero attached hydrogens (tertiary/aromatic N) is 1. The number of imidazole rings is 1. The number of hydrogen-bond donors (Lipinski definition) is 2. The fraction of sp³-hybridized carbons (Fsp3) is 0.292. The summed E-state index contributed by atoms with van der Waals surface area (Å²) < 4.78 is 10.9. The molecule has 2 N–H and O–H groups in total. The Morgan fingerprint density at radius 1 is 1.19 bits per heavy atom. The molecule has 2 aromatic carbocycles. The van der Waals surface area contributed by atoms with Gasteiger partial charge in [-0.1, -0.05) is 26.0 Å². The van der Waals surface area contributed by atoms with Crippen LogP contribution in [-0.2, 0) is 4.79 Å². The number of nitrogens with one attached hydrogen (secondary N) is 2. The minimum Gasteiger partial charge on any atom is -0.484 e. The molecule has 4 rings (SSSR count). The minimum atomic E-state index is -0.415. The van der Waals surface area contributed by atoms with Crippen LogP contribution in [0.3, 0.4) is 0 Å². The Bertz CT molecular complexity index is 1260. The number of benzene rings is 2. The van der Waals surface area contributed by atoms with Gasteiger partial charge in [0.1, 0.15) is 17.2 Å². The first kappa shape index (κ1) is 20.7. The summed E-state index contributed by atoms with van der Waals surface area (Å²) in [6, 6.07) is 14.2. The Morgan fingerprint density at radius 3 is 2.77 bits per heavy atom. The molecule has 1 unspecified atom stereocenters. The summed E-state index contributed by atoms with van der Waals surface area (Å²) >= 11 is 0. The van der Waals surface area contributed by atoms with Gasteiger partial charge in [0.25, 0.3) is 5.91 Å². The van der Waals surface area contributed by atoms with E-state index in [0.717, 1.165) is 34.2 Å². The van der Waals surface area contributed by atoms with Crippen LogP contribution in [0.25, 0.3) is 22.0 Å². The van der Waals surface area contributed by atoms with Crippen LogP contribution in [0.4, 0.5) is 0 Å². The monoisotopic (exact) mass is 419 g/mol. The number of carbonyl (C=O) groups excluding carboxylic acids is 1. The van der Waals surface area contributed by atoms with Crippen molar-refractivity contribution in [2.45, 2.75) is 33.2 Å². The molecule has 7 nitrogen and oxygen atoms in total. The molecule has 0 fully saturated rings. The zero-order chi connectivity index (χ0) is 22.0. The number of aryl methyl sites for hydroxylation is 1. The third kappa shape index (κ3) is 4.77. The molecule has 31 heavy (non-hydrogen) atoms. The topological polar surface area (TPSA) is 97.2 Å². The molecule has 4 aromatic rings. The molecular formula is C24H25N3O4. The maximum atomic E-state index is 12.6. The van der Waals surface area contributed by atoms with E-state index in [0.29, 0.717) is 17.3 Å². The molecule has 0 aliphatic carbocycles. The second kappa shape index (κ2) is 8.63. The van der Waals surface area contributed by atoms with Crippen LogP contribution in [0.2, 0.25) is 0 Å². The Labute approximate surface area is 179 Å². The first-order valence-corrected chi connectivity index (χ1v) is 10.3. The van der Waals surface area contributed by atoms with Gasteiger partial charge in [-0.05, 0) is 49.1 Å². The van der Waals surface area contributed by atoms with E-state index in [4.69, 9.17) is 9.15 Å². The van der Waals surface area contributed by atoms with Crippen LogP contribution in [-0.4, -0.2) is 22.5 Å². The molecule has 0 aliphatic heterocycles. The Kier molecular flexibility index (Phi) is 5.75. The zero-order valence-electron chi connectivity index (χ0n) is 17.8. The fourth-order valence-corrected chi connectivity index (χ4v) is 3.63. The molecule has 0 radical (unpaired) electrons. The Morgan fingerprint density at radius 2 is 2.00 bits per heavy atom. The van der Waals surface area contributed by atoms with E-state index < -0.39 is 5.63 Å². The summed E-state index contributed by atoms with van der Waals surface area (Å²) in [6.45, 7) is 5.89. The summed E-state index contributed by atoms with van der Waals surface area (Å²) in [5, 5.41) is 3.85. The van der Waals surface area contributed by atoms with E-state index in [1.54, 1.807) is 12.1 Å². The highest BCUT2D eigenvalue weighted by molar-refractivity contribution is 5.82. The quantitative estimate of drug-likeness (QED) is 0.436. The molecule has 7 heteroatoms. The Hall–Kier alpha value is -3.61. The van der Waals surface area contributed by atoms with Crippen LogP contribution in [0.15, 0.2) is 57.7 Å². The lowest BCUT2D eigenvalue weighted by Gasteiger charge is -2.19. The highest BCUT2D eigenvalue weighted by atomic mass is 16.5. The second-order valence-electron chi connectivity index (χ2n) is 8.08. The van der Waals surface area contributed by atoms with Crippen LogP contribution in [0, 0.1) is 12.8 Å². The van der Waals surface area contributed by atoms with E-state index in [1.807, 2.05) is 37.3 Å². The molecule has 0 saturated carbocycles. The predicted octanol–water partition coefficient (Wildman–Crippen LogP) is 4.26. The number of aromatic amines is 1. The number of hydrogen-bond acceptors (Lipinski definition) is 5. The maximum absolute atomic E-state index is 12.6. The van der Waals surface area contributed by atoms with Gasteiger partial charge in [0, 0.05) is 17.5 Å². The summed E-state index contributed by atoms with van der Waals surface area (Å²) in [4.78, 5) is 32.2. The van der Waals surface area contributed by atoms with Crippen molar-refractivity contribution in [1.82, 2.24) is 15.3 Å². The van der Waals surface area contributed by atoms with Crippen molar-refractivity contribution in [2.24, 2.45) is 5.92 Å². The van der Waals surface area contributed by atoms with Gasteiger partial charge < -0.3 is 19.5 Å². The highest BCUT2D eigenvalue weighted by Crippen LogP contribution is 2.23. The average molecular weight is 419 g/mol. The van der Waals surface area contributed by atoms with Crippen LogP contribution in [0.1, 0.15) is 37.7 Å². The lowest BCUT2D eigenvalue weighted by atomic mass is 10.0. The van der Waals surface area contributed by atoms with E-state index in [2.05, 4.69) is 29.1 Å². The van der Waals surface area contributed by atoms with Crippen molar-refractivity contribution in [3.05, 3.63) is 70.3 Å². The molecule has 0 bridgehead atoms. The first-order chi connectivity index (χ1) is 14.9. The Balaban J connectivity index is 1.46. The molecule has 1 atom stereocenters. The molecule has 1 amide bonds. The number of fused-ring (bicyclic) bond motifs is 2.